The molecule has 0 saturated carbocycles. The van der Waals surface area contributed by atoms with Crippen LogP contribution in [0.15, 0.2) is 41.3 Å². The molecule has 0 aliphatic carbocycles. The van der Waals surface area contributed by atoms with Crippen molar-refractivity contribution in [3.8, 4) is 5.75 Å². The zero-order chi connectivity index (χ0) is 23.7. The number of amides is 1. The number of methoxy groups -OCH3 is 2. The Morgan fingerprint density at radius 2 is 1.78 bits per heavy atom. The van der Waals surface area contributed by atoms with Crippen LogP contribution in [0, 0.1) is 0 Å². The lowest BCUT2D eigenvalue weighted by Gasteiger charge is -2.29. The van der Waals surface area contributed by atoms with Crippen molar-refractivity contribution < 1.29 is 40.7 Å². The van der Waals surface area contributed by atoms with Crippen LogP contribution in [0.25, 0.3) is 0 Å². The third-order valence-electron chi connectivity index (χ3n) is 4.89. The van der Waals surface area contributed by atoms with Crippen LogP contribution in [0.5, 0.6) is 5.75 Å². The SMILES string of the molecule is COC(=O)c1ccc(NS(=O)(=O)c2ccc3c(c2)CN(C(=O)C(F)(F)F)CC3)cc1OC. The number of hydrogen-bond acceptors (Lipinski definition) is 6. The van der Waals surface area contributed by atoms with Gasteiger partial charge in [0.1, 0.15) is 11.3 Å². The second-order valence-electron chi connectivity index (χ2n) is 6.92. The van der Waals surface area contributed by atoms with Crippen molar-refractivity contribution in [3.63, 3.8) is 0 Å². The summed E-state index contributed by atoms with van der Waals surface area (Å²) in [4.78, 5) is 23.7. The van der Waals surface area contributed by atoms with E-state index >= 15 is 0 Å². The average Bonchev–Trinajstić information content (AvgIpc) is 2.76. The predicted molar refractivity (Wildman–Crippen MR) is 107 cm³/mol. The van der Waals surface area contributed by atoms with Gasteiger partial charge in [-0.25, -0.2) is 13.2 Å². The van der Waals surface area contributed by atoms with Gasteiger partial charge in [0.05, 0.1) is 24.8 Å². The fraction of sp³-hybridized carbons (Fsp3) is 0.300. The smallest absolute Gasteiger partial charge is 0.471 e. The molecule has 32 heavy (non-hydrogen) atoms. The maximum atomic E-state index is 12.8. The van der Waals surface area contributed by atoms with Crippen molar-refractivity contribution in [1.29, 1.82) is 0 Å². The number of carbonyl (C=O) groups excluding carboxylic acids is 2. The normalized spacial score (nSPS) is 13.8. The number of fused-ring (bicyclic) bond motifs is 1. The molecule has 0 saturated heterocycles. The Morgan fingerprint density at radius 3 is 2.41 bits per heavy atom. The zero-order valence-electron chi connectivity index (χ0n) is 17.0. The Bertz CT molecular complexity index is 1160. The predicted octanol–water partition coefficient (Wildman–Crippen LogP) is 2.73. The number of halogens is 3. The summed E-state index contributed by atoms with van der Waals surface area (Å²) in [6.07, 6.45) is -4.82. The Kier molecular flexibility index (Phi) is 6.35. The van der Waals surface area contributed by atoms with Gasteiger partial charge in [0.25, 0.3) is 10.0 Å². The van der Waals surface area contributed by atoms with Gasteiger partial charge in [-0.3, -0.25) is 9.52 Å². The van der Waals surface area contributed by atoms with Crippen LogP contribution in [-0.2, 0) is 32.5 Å². The monoisotopic (exact) mass is 472 g/mol. The minimum absolute atomic E-state index is 0.0868. The summed E-state index contributed by atoms with van der Waals surface area (Å²) in [7, 11) is -1.63. The fourth-order valence-corrected chi connectivity index (χ4v) is 4.40. The van der Waals surface area contributed by atoms with Crippen LogP contribution < -0.4 is 9.46 Å². The molecule has 0 unspecified atom stereocenters. The van der Waals surface area contributed by atoms with E-state index in [2.05, 4.69) is 9.46 Å². The van der Waals surface area contributed by atoms with Crippen molar-refractivity contribution in [2.45, 2.75) is 24.0 Å². The number of rotatable bonds is 5. The Labute approximate surface area is 182 Å². The molecule has 1 heterocycles. The van der Waals surface area contributed by atoms with Crippen molar-refractivity contribution >= 4 is 27.6 Å². The highest BCUT2D eigenvalue weighted by molar-refractivity contribution is 7.92. The molecule has 8 nitrogen and oxygen atoms in total. The first-order valence-electron chi connectivity index (χ1n) is 9.23. The summed E-state index contributed by atoms with van der Waals surface area (Å²) in [6, 6.07) is 8.06. The Balaban J connectivity index is 1.86. The fourth-order valence-electron chi connectivity index (χ4n) is 3.30. The van der Waals surface area contributed by atoms with E-state index < -0.39 is 28.1 Å². The lowest BCUT2D eigenvalue weighted by atomic mass is 10.00. The van der Waals surface area contributed by atoms with Gasteiger partial charge in [-0.05, 0) is 41.8 Å². The Morgan fingerprint density at radius 1 is 1.06 bits per heavy atom. The first-order valence-corrected chi connectivity index (χ1v) is 10.7. The van der Waals surface area contributed by atoms with Gasteiger partial charge in [0.2, 0.25) is 0 Å². The van der Waals surface area contributed by atoms with E-state index in [4.69, 9.17) is 4.74 Å². The number of ether oxygens (including phenoxy) is 2. The first-order chi connectivity index (χ1) is 15.0. The Hall–Kier alpha value is -3.28. The van der Waals surface area contributed by atoms with Gasteiger partial charge in [0, 0.05) is 19.2 Å². The summed E-state index contributed by atoms with van der Waals surface area (Å²) >= 11 is 0. The van der Waals surface area contributed by atoms with Crippen molar-refractivity contribution in [2.24, 2.45) is 0 Å². The summed E-state index contributed by atoms with van der Waals surface area (Å²) in [6.45, 7) is -0.458. The quantitative estimate of drug-likeness (QED) is 0.672. The highest BCUT2D eigenvalue weighted by atomic mass is 32.2. The van der Waals surface area contributed by atoms with Gasteiger partial charge < -0.3 is 14.4 Å². The first kappa shape index (κ1) is 23.4. The molecule has 172 valence electrons. The number of carbonyl (C=O) groups is 2. The molecule has 0 radical (unpaired) electrons. The van der Waals surface area contributed by atoms with Crippen LogP contribution in [0.1, 0.15) is 21.5 Å². The molecule has 0 fully saturated rings. The molecule has 2 aromatic rings. The third kappa shape index (κ3) is 4.79. The van der Waals surface area contributed by atoms with Crippen LogP contribution in [0.2, 0.25) is 0 Å². The van der Waals surface area contributed by atoms with Crippen molar-refractivity contribution in [2.75, 3.05) is 25.5 Å². The molecular formula is C20H19F3N2O6S. The third-order valence-corrected chi connectivity index (χ3v) is 6.27. The molecule has 1 aliphatic heterocycles. The number of sulfonamides is 1. The van der Waals surface area contributed by atoms with Gasteiger partial charge in [0.15, 0.2) is 0 Å². The molecule has 0 spiro atoms. The van der Waals surface area contributed by atoms with Gasteiger partial charge in [-0.1, -0.05) is 6.07 Å². The molecule has 1 aliphatic rings. The number of hydrogen-bond donors (Lipinski definition) is 1. The van der Waals surface area contributed by atoms with Crippen molar-refractivity contribution in [1.82, 2.24) is 4.90 Å². The topological polar surface area (TPSA) is 102 Å². The van der Waals surface area contributed by atoms with E-state index in [9.17, 15) is 31.2 Å². The molecule has 0 aromatic heterocycles. The molecule has 3 rings (SSSR count). The highest BCUT2D eigenvalue weighted by Crippen LogP contribution is 2.29. The highest BCUT2D eigenvalue weighted by Gasteiger charge is 2.43. The van der Waals surface area contributed by atoms with E-state index in [1.165, 1.54) is 50.6 Å². The van der Waals surface area contributed by atoms with E-state index in [0.717, 1.165) is 0 Å². The molecule has 12 heteroatoms. The standard InChI is InChI=1S/C20H19F3N2O6S/c1-30-17-10-14(4-6-16(17)18(26)31-2)24-32(28,29)15-5-3-12-7-8-25(11-13(12)9-15)19(27)20(21,22)23/h3-6,9-10,24H,7-8,11H2,1-2H3. The molecule has 1 N–H and O–H groups in total. The number of alkyl halides is 3. The van der Waals surface area contributed by atoms with E-state index in [1.54, 1.807) is 0 Å². The zero-order valence-corrected chi connectivity index (χ0v) is 17.8. The summed E-state index contributed by atoms with van der Waals surface area (Å²) in [5.74, 6) is -2.54. The minimum atomic E-state index is -5.00. The lowest BCUT2D eigenvalue weighted by Crippen LogP contribution is -2.43. The molecule has 2 aromatic carbocycles. The number of nitrogens with zero attached hydrogens (tertiary/aromatic N) is 1. The van der Waals surface area contributed by atoms with E-state index in [0.29, 0.717) is 16.0 Å². The molecule has 0 atom stereocenters. The van der Waals surface area contributed by atoms with Crippen LogP contribution >= 0.6 is 0 Å². The molecular weight excluding hydrogens is 453 g/mol. The van der Waals surface area contributed by atoms with E-state index in [-0.39, 0.29) is 41.4 Å². The lowest BCUT2D eigenvalue weighted by molar-refractivity contribution is -0.186. The summed E-state index contributed by atoms with van der Waals surface area (Å²) < 4.78 is 76.0. The second kappa shape index (κ2) is 8.69. The number of benzene rings is 2. The maximum Gasteiger partial charge on any atom is 0.471 e. The molecule has 0 bridgehead atoms. The minimum Gasteiger partial charge on any atom is -0.496 e. The van der Waals surface area contributed by atoms with Crippen molar-refractivity contribution in [3.05, 3.63) is 53.1 Å². The molecule has 1 amide bonds. The van der Waals surface area contributed by atoms with Crippen LogP contribution in [-0.4, -0.2) is 52.1 Å². The van der Waals surface area contributed by atoms with Crippen LogP contribution in [0.4, 0.5) is 18.9 Å². The van der Waals surface area contributed by atoms with E-state index in [1.807, 2.05) is 0 Å². The van der Waals surface area contributed by atoms with Gasteiger partial charge in [-0.2, -0.15) is 13.2 Å². The average molecular weight is 472 g/mol. The summed E-state index contributed by atoms with van der Waals surface area (Å²) in [5.41, 5.74) is 1.18. The second-order valence-corrected chi connectivity index (χ2v) is 8.60. The number of nitrogens with one attached hydrogen (secondary N) is 1. The maximum absolute atomic E-state index is 12.8. The number of anilines is 1. The number of esters is 1. The van der Waals surface area contributed by atoms with Crippen LogP contribution in [0.3, 0.4) is 0 Å². The van der Waals surface area contributed by atoms with Gasteiger partial charge >= 0.3 is 18.1 Å². The van der Waals surface area contributed by atoms with Gasteiger partial charge in [-0.15, -0.1) is 0 Å². The largest absolute Gasteiger partial charge is 0.496 e. The summed E-state index contributed by atoms with van der Waals surface area (Å²) in [5, 5.41) is 0.